The van der Waals surface area contributed by atoms with Gasteiger partial charge in [-0.3, -0.25) is 9.59 Å². The molecular formula is C33H42BrN5O6S. The van der Waals surface area contributed by atoms with E-state index in [2.05, 4.69) is 31.5 Å². The van der Waals surface area contributed by atoms with Crippen LogP contribution in [0, 0.1) is 11.3 Å². The lowest BCUT2D eigenvalue weighted by molar-refractivity contribution is -0.135. The van der Waals surface area contributed by atoms with Gasteiger partial charge in [0.15, 0.2) is 5.13 Å². The van der Waals surface area contributed by atoms with Gasteiger partial charge in [-0.1, -0.05) is 34.6 Å². The number of nitrogens with one attached hydrogen (secondary N) is 2. The standard InChI is InChI=1S/C33H42BrN5O6S/c1-18(2)29(40)38-31-36-23(17-46-31)22-15-25(21-11-12-24(43-6)26(34)27(21)35-22)44-20-13-14-39(16-20)30(41)28(33(3,4)5)37-32(42)45-19-9-7-8-10-19/h11-12,15,17-20,28H,7-10,13-14,16H2,1-6H3,(H,37,42)(H,36,38,40)/t20-,28+/m0/s1. The summed E-state index contributed by atoms with van der Waals surface area (Å²) >= 11 is 4.97. The first-order chi connectivity index (χ1) is 21.8. The summed E-state index contributed by atoms with van der Waals surface area (Å²) in [6, 6.07) is 4.84. The number of rotatable bonds is 9. The van der Waals surface area contributed by atoms with Gasteiger partial charge in [0.25, 0.3) is 0 Å². The normalized spacial score (nSPS) is 17.7. The number of ether oxygens (including phenoxy) is 3. The highest BCUT2D eigenvalue weighted by atomic mass is 79.9. The number of thiazole rings is 1. The molecule has 13 heteroatoms. The number of hydrogen-bond donors (Lipinski definition) is 2. The van der Waals surface area contributed by atoms with Gasteiger partial charge in [-0.05, 0) is 59.2 Å². The van der Waals surface area contributed by atoms with Crippen LogP contribution < -0.4 is 20.1 Å². The average molecular weight is 717 g/mol. The van der Waals surface area contributed by atoms with Crippen molar-refractivity contribution in [3.8, 4) is 22.9 Å². The van der Waals surface area contributed by atoms with Gasteiger partial charge in [0.05, 0.1) is 29.3 Å². The molecule has 2 N–H and O–H groups in total. The Morgan fingerprint density at radius 1 is 1.04 bits per heavy atom. The summed E-state index contributed by atoms with van der Waals surface area (Å²) < 4.78 is 18.4. The molecule has 2 atom stereocenters. The monoisotopic (exact) mass is 715 g/mol. The fourth-order valence-electron chi connectivity index (χ4n) is 5.64. The number of alkyl carbamates (subject to hydrolysis) is 1. The Labute approximate surface area is 281 Å². The fourth-order valence-corrected chi connectivity index (χ4v) is 6.94. The number of likely N-dealkylation sites (tertiary alicyclic amines) is 1. The number of halogens is 1. The van der Waals surface area contributed by atoms with Crippen molar-refractivity contribution in [3.05, 3.63) is 28.1 Å². The van der Waals surface area contributed by atoms with E-state index in [1.165, 1.54) is 11.3 Å². The number of hydrogen-bond acceptors (Lipinski definition) is 9. The fraction of sp³-hybridized carbons (Fsp3) is 0.545. The number of amides is 3. The molecule has 46 heavy (non-hydrogen) atoms. The van der Waals surface area contributed by atoms with Crippen LogP contribution in [0.5, 0.6) is 11.5 Å². The molecular weight excluding hydrogens is 674 g/mol. The molecule has 1 saturated carbocycles. The molecule has 2 aliphatic rings. The minimum Gasteiger partial charge on any atom is -0.495 e. The SMILES string of the molecule is COc1ccc2c(O[C@H]3CCN(C(=O)[C@@H](NC(=O)OC4CCCC4)C(C)(C)C)C3)cc(-c3csc(NC(=O)C(C)C)n3)nc2c1Br. The largest absolute Gasteiger partial charge is 0.495 e. The molecule has 1 aliphatic heterocycles. The molecule has 1 saturated heterocycles. The second-order valence-electron chi connectivity index (χ2n) is 13.2. The molecule has 1 aliphatic carbocycles. The maximum Gasteiger partial charge on any atom is 0.408 e. The van der Waals surface area contributed by atoms with E-state index in [4.69, 9.17) is 19.2 Å². The van der Waals surface area contributed by atoms with Crippen LogP contribution in [0.25, 0.3) is 22.3 Å². The molecule has 11 nitrogen and oxygen atoms in total. The molecule has 2 fully saturated rings. The Balaban J connectivity index is 1.36. The summed E-state index contributed by atoms with van der Waals surface area (Å²) in [7, 11) is 1.59. The lowest BCUT2D eigenvalue weighted by Crippen LogP contribution is -2.54. The zero-order chi connectivity index (χ0) is 33.2. The number of fused-ring (bicyclic) bond motifs is 1. The van der Waals surface area contributed by atoms with Crippen LogP contribution in [-0.2, 0) is 14.3 Å². The highest BCUT2D eigenvalue weighted by Crippen LogP contribution is 2.39. The molecule has 0 spiro atoms. The van der Waals surface area contributed by atoms with Gasteiger partial charge < -0.3 is 29.7 Å². The lowest BCUT2D eigenvalue weighted by atomic mass is 9.86. The Hall–Kier alpha value is -3.45. The number of carbonyl (C=O) groups is 3. The van der Waals surface area contributed by atoms with E-state index in [0.29, 0.717) is 57.5 Å². The molecule has 3 aromatic rings. The minimum atomic E-state index is -0.744. The highest BCUT2D eigenvalue weighted by molar-refractivity contribution is 9.10. The van der Waals surface area contributed by atoms with Crippen LogP contribution in [0.2, 0.25) is 0 Å². The van der Waals surface area contributed by atoms with Crippen molar-refractivity contribution in [2.45, 2.75) is 85.0 Å². The smallest absolute Gasteiger partial charge is 0.408 e. The van der Waals surface area contributed by atoms with Gasteiger partial charge >= 0.3 is 6.09 Å². The maximum absolute atomic E-state index is 13.8. The van der Waals surface area contributed by atoms with Crippen molar-refractivity contribution in [2.24, 2.45) is 11.3 Å². The Bertz CT molecular complexity index is 1600. The summed E-state index contributed by atoms with van der Waals surface area (Å²) in [5.74, 6) is 0.768. The first-order valence-electron chi connectivity index (χ1n) is 15.7. The average Bonchev–Trinajstić information content (AvgIpc) is 3.78. The maximum atomic E-state index is 13.8. The van der Waals surface area contributed by atoms with Crippen LogP contribution >= 0.6 is 27.3 Å². The molecule has 3 amide bonds. The topological polar surface area (TPSA) is 132 Å². The predicted octanol–water partition coefficient (Wildman–Crippen LogP) is 6.79. The zero-order valence-corrected chi connectivity index (χ0v) is 29.5. The Morgan fingerprint density at radius 3 is 2.46 bits per heavy atom. The lowest BCUT2D eigenvalue weighted by Gasteiger charge is -2.33. The Morgan fingerprint density at radius 2 is 1.78 bits per heavy atom. The zero-order valence-electron chi connectivity index (χ0n) is 27.1. The van der Waals surface area contributed by atoms with E-state index in [1.807, 2.05) is 58.2 Å². The third-order valence-electron chi connectivity index (χ3n) is 8.29. The van der Waals surface area contributed by atoms with Gasteiger partial charge in [0.2, 0.25) is 11.8 Å². The van der Waals surface area contributed by atoms with Gasteiger partial charge in [-0.2, -0.15) is 0 Å². The number of nitrogens with zero attached hydrogens (tertiary/aromatic N) is 3. The molecule has 5 rings (SSSR count). The summed E-state index contributed by atoms with van der Waals surface area (Å²) in [4.78, 5) is 50.0. The summed E-state index contributed by atoms with van der Waals surface area (Å²) in [5, 5.41) is 8.81. The summed E-state index contributed by atoms with van der Waals surface area (Å²) in [6.07, 6.45) is 3.52. The van der Waals surface area contributed by atoms with Crippen LogP contribution in [0.4, 0.5) is 9.93 Å². The van der Waals surface area contributed by atoms with Crippen LogP contribution in [0.15, 0.2) is 28.1 Å². The second kappa shape index (κ2) is 14.1. The van der Waals surface area contributed by atoms with Gasteiger partial charge in [0.1, 0.15) is 35.4 Å². The number of benzene rings is 1. The first kappa shape index (κ1) is 33.9. The van der Waals surface area contributed by atoms with Gasteiger partial charge in [-0.25, -0.2) is 14.8 Å². The van der Waals surface area contributed by atoms with Crippen LogP contribution in [0.3, 0.4) is 0 Å². The van der Waals surface area contributed by atoms with E-state index in [0.717, 1.165) is 31.1 Å². The van der Waals surface area contributed by atoms with Gasteiger partial charge in [0, 0.05) is 35.7 Å². The number of aromatic nitrogens is 2. The molecule has 248 valence electrons. The third kappa shape index (κ3) is 7.74. The first-order valence-corrected chi connectivity index (χ1v) is 17.4. The molecule has 1 aromatic carbocycles. The van der Waals surface area contributed by atoms with Crippen molar-refractivity contribution in [1.29, 1.82) is 0 Å². The number of anilines is 1. The van der Waals surface area contributed by atoms with Crippen LogP contribution in [0.1, 0.15) is 66.7 Å². The Kier molecular flexibility index (Phi) is 10.4. The van der Waals surface area contributed by atoms with Crippen molar-refractivity contribution >= 4 is 61.2 Å². The quantitative estimate of drug-likeness (QED) is 0.248. The molecule has 3 heterocycles. The molecule has 2 aromatic heterocycles. The number of pyridine rings is 1. The highest BCUT2D eigenvalue weighted by Gasteiger charge is 2.39. The summed E-state index contributed by atoms with van der Waals surface area (Å²) in [6.45, 7) is 10.3. The van der Waals surface area contributed by atoms with E-state index >= 15 is 0 Å². The minimum absolute atomic E-state index is 0.0879. The van der Waals surface area contributed by atoms with Crippen molar-refractivity contribution in [2.75, 3.05) is 25.5 Å². The second-order valence-corrected chi connectivity index (χ2v) is 14.9. The van der Waals surface area contributed by atoms with E-state index < -0.39 is 17.6 Å². The van der Waals surface area contributed by atoms with Gasteiger partial charge in [-0.15, -0.1) is 11.3 Å². The number of carbonyl (C=O) groups excluding carboxylic acids is 3. The predicted molar refractivity (Wildman–Crippen MR) is 181 cm³/mol. The third-order valence-corrected chi connectivity index (χ3v) is 9.81. The van der Waals surface area contributed by atoms with E-state index in [-0.39, 0.29) is 29.9 Å². The van der Waals surface area contributed by atoms with Crippen LogP contribution in [-0.4, -0.2) is 71.2 Å². The van der Waals surface area contributed by atoms with Crippen molar-refractivity contribution in [3.63, 3.8) is 0 Å². The molecule has 0 bridgehead atoms. The molecule has 0 unspecified atom stereocenters. The van der Waals surface area contributed by atoms with Crippen molar-refractivity contribution in [1.82, 2.24) is 20.2 Å². The molecule has 0 radical (unpaired) electrons. The summed E-state index contributed by atoms with van der Waals surface area (Å²) in [5.41, 5.74) is 1.28. The van der Waals surface area contributed by atoms with E-state index in [9.17, 15) is 14.4 Å². The van der Waals surface area contributed by atoms with Crippen molar-refractivity contribution < 1.29 is 28.6 Å². The number of methoxy groups -OCH3 is 1. The van der Waals surface area contributed by atoms with E-state index in [1.54, 1.807) is 12.0 Å².